The molecule has 1 aromatic heterocycles. The number of amides is 1. The summed E-state index contributed by atoms with van der Waals surface area (Å²) in [7, 11) is 0. The van der Waals surface area contributed by atoms with Crippen molar-refractivity contribution in [1.29, 1.82) is 5.41 Å². The molecule has 3 rings (SSSR count). The molecule has 1 aliphatic heterocycles. The van der Waals surface area contributed by atoms with Crippen molar-refractivity contribution in [3.8, 4) is 0 Å². The van der Waals surface area contributed by atoms with Crippen molar-refractivity contribution in [2.75, 3.05) is 13.1 Å². The number of hydrogen-bond acceptors (Lipinski definition) is 3. The van der Waals surface area contributed by atoms with Crippen molar-refractivity contribution in [2.45, 2.75) is 63.5 Å². The molecule has 4 nitrogen and oxygen atoms in total. The maximum absolute atomic E-state index is 13.7. The van der Waals surface area contributed by atoms with Gasteiger partial charge in [0, 0.05) is 67.2 Å². The molecule has 0 saturated carbocycles. The quantitative estimate of drug-likeness (QED) is 0.0930. The minimum Gasteiger partial charge on any atom is -0.339 e. The van der Waals surface area contributed by atoms with Gasteiger partial charge >= 0.3 is 6.18 Å². The van der Waals surface area contributed by atoms with Crippen LogP contribution < -0.4 is 0 Å². The number of piperidine rings is 1. The molecule has 1 aromatic rings. The summed E-state index contributed by atoms with van der Waals surface area (Å²) >= 11 is 0. The van der Waals surface area contributed by atoms with Crippen molar-refractivity contribution in [2.24, 2.45) is 5.92 Å². The Kier molecular flexibility index (Phi) is 12.2. The first-order valence-electron chi connectivity index (χ1n) is 12.4. The molecule has 38 heavy (non-hydrogen) atoms. The Labute approximate surface area is 244 Å². The second-order valence-corrected chi connectivity index (χ2v) is 9.39. The van der Waals surface area contributed by atoms with Crippen molar-refractivity contribution in [3.63, 3.8) is 0 Å². The molecule has 1 N–H and O–H groups in total. The summed E-state index contributed by atoms with van der Waals surface area (Å²) in [6.45, 7) is 3.87. The van der Waals surface area contributed by atoms with Crippen LogP contribution in [0, 0.1) is 48.5 Å². The summed E-state index contributed by atoms with van der Waals surface area (Å²) in [4.78, 5) is 18.8. The maximum atomic E-state index is 13.7. The first-order valence-corrected chi connectivity index (χ1v) is 12.4. The average Bonchev–Trinajstić information content (AvgIpc) is 2.88. The number of alkyl halides is 5. The minimum atomic E-state index is -4.82. The number of carbonyl (C=O) groups excluding carboxylic acids is 1. The Balaban J connectivity index is 0.00000507. The van der Waals surface area contributed by atoms with Gasteiger partial charge in [-0.25, -0.2) is 11.6 Å². The summed E-state index contributed by atoms with van der Waals surface area (Å²) in [5, 5.41) is 7.37. The predicted molar refractivity (Wildman–Crippen MR) is 132 cm³/mol. The summed E-state index contributed by atoms with van der Waals surface area (Å²) in [6.07, 6.45) is 9.50. The van der Waals surface area contributed by atoms with E-state index in [9.17, 15) is 26.7 Å². The number of hydrogen-bond donors (Lipinski definition) is 1. The molecule has 10 heteroatoms. The molecule has 1 fully saturated rings. The second kappa shape index (κ2) is 14.4. The summed E-state index contributed by atoms with van der Waals surface area (Å²) in [6, 6.07) is 2.88. The van der Waals surface area contributed by atoms with Gasteiger partial charge < -0.3 is 4.90 Å². The molecular formula is C28H31F5N3OU-. The standard InChI is InChI=1S/C28H31F5N3O.U/c1-2-27(29,30)23-11-12-24(35-19-23)17-21-13-15-36(16-14-21)26(37)22(18-25(34)28(31,32)33)10-6-9-20-7-4-3-5-8-20;/h2,4,8,11-12,18-19,21,34H,1,3,5-6,9-10,13-17H2;/q-1;/b22-18+,34-25?;. The molecule has 0 atom stereocenters. The minimum absolute atomic E-state index is 0. The van der Waals surface area contributed by atoms with E-state index in [1.54, 1.807) is 11.0 Å². The fourth-order valence-corrected chi connectivity index (χ4v) is 4.44. The Bertz CT molecular complexity index is 1070. The molecule has 0 bridgehead atoms. The number of aromatic nitrogens is 1. The number of rotatable bonds is 10. The van der Waals surface area contributed by atoms with Gasteiger partial charge in [0.2, 0.25) is 5.91 Å². The predicted octanol–water partition coefficient (Wildman–Crippen LogP) is 6.90. The molecule has 0 aromatic carbocycles. The van der Waals surface area contributed by atoms with E-state index in [0.29, 0.717) is 63.0 Å². The van der Waals surface area contributed by atoms with Crippen LogP contribution in [0.5, 0.6) is 0 Å². The second-order valence-electron chi connectivity index (χ2n) is 9.39. The summed E-state index contributed by atoms with van der Waals surface area (Å²) in [5.74, 6) is -3.45. The average molecular weight is 759 g/mol. The molecule has 204 valence electrons. The largest absolute Gasteiger partial charge is 0.432 e. The topological polar surface area (TPSA) is 57.1 Å². The van der Waals surface area contributed by atoms with Gasteiger partial charge in [-0.2, -0.15) is 28.0 Å². The summed E-state index contributed by atoms with van der Waals surface area (Å²) < 4.78 is 66.5. The van der Waals surface area contributed by atoms with Crippen LogP contribution in [0.15, 0.2) is 60.4 Å². The van der Waals surface area contributed by atoms with Crippen molar-refractivity contribution < 1.29 is 57.9 Å². The van der Waals surface area contributed by atoms with Crippen LogP contribution in [0.25, 0.3) is 0 Å². The molecule has 1 saturated heterocycles. The maximum Gasteiger partial charge on any atom is 0.432 e. The van der Waals surface area contributed by atoms with Gasteiger partial charge in [-0.1, -0.05) is 25.8 Å². The van der Waals surface area contributed by atoms with Gasteiger partial charge in [-0.3, -0.25) is 21.3 Å². The Hall–Kier alpha value is -2.05. The fourth-order valence-electron chi connectivity index (χ4n) is 4.44. The number of allylic oxidation sites excluding steroid dienone is 6. The zero-order valence-corrected chi connectivity index (χ0v) is 25.3. The van der Waals surface area contributed by atoms with E-state index < -0.39 is 23.7 Å². The molecule has 2 aliphatic rings. The molecular weight excluding hydrogens is 727 g/mol. The summed E-state index contributed by atoms with van der Waals surface area (Å²) in [5.41, 5.74) is -0.133. The van der Waals surface area contributed by atoms with Crippen LogP contribution in [-0.4, -0.2) is 40.8 Å². The van der Waals surface area contributed by atoms with Gasteiger partial charge in [0.05, 0.1) is 0 Å². The number of carbonyl (C=O) groups is 1. The van der Waals surface area contributed by atoms with E-state index in [2.05, 4.69) is 17.6 Å². The van der Waals surface area contributed by atoms with Gasteiger partial charge in [0.25, 0.3) is 5.92 Å². The molecule has 0 radical (unpaired) electrons. The Morgan fingerprint density at radius 3 is 2.45 bits per heavy atom. The number of nitrogens with one attached hydrogen (secondary N) is 1. The van der Waals surface area contributed by atoms with E-state index in [1.165, 1.54) is 6.07 Å². The number of halogens is 5. The fraction of sp³-hybridized carbons (Fsp3) is 0.464. The van der Waals surface area contributed by atoms with Crippen molar-refractivity contribution >= 4 is 11.6 Å². The van der Waals surface area contributed by atoms with E-state index in [0.717, 1.165) is 24.6 Å². The molecule has 0 spiro atoms. The van der Waals surface area contributed by atoms with Crippen LogP contribution >= 0.6 is 0 Å². The molecule has 1 aliphatic carbocycles. The van der Waals surface area contributed by atoms with Crippen LogP contribution in [0.2, 0.25) is 0 Å². The van der Waals surface area contributed by atoms with Crippen LogP contribution in [0.4, 0.5) is 22.0 Å². The molecule has 1 amide bonds. The third kappa shape index (κ3) is 9.30. The zero-order chi connectivity index (χ0) is 27.1. The van der Waals surface area contributed by atoms with E-state index in [4.69, 9.17) is 5.41 Å². The van der Waals surface area contributed by atoms with Gasteiger partial charge in [-0.05, 0) is 62.3 Å². The van der Waals surface area contributed by atoms with E-state index in [1.807, 2.05) is 12.2 Å². The number of pyridine rings is 1. The van der Waals surface area contributed by atoms with Crippen molar-refractivity contribution in [1.82, 2.24) is 9.88 Å². The van der Waals surface area contributed by atoms with E-state index >= 15 is 0 Å². The smallest absolute Gasteiger partial charge is 0.339 e. The SMILES string of the molecule is C=CC(F)(F)c1ccc(CC2CCN(C(=O)/C(=C/C(=N)C(F)(F)F)CCCC3=CCCC=[C-]3)CC2)nc1.[U]. The molecule has 2 heterocycles. The Morgan fingerprint density at radius 1 is 1.18 bits per heavy atom. The first-order chi connectivity index (χ1) is 17.5. The third-order valence-corrected chi connectivity index (χ3v) is 6.65. The van der Waals surface area contributed by atoms with Crippen molar-refractivity contribution in [3.05, 3.63) is 77.7 Å². The van der Waals surface area contributed by atoms with Gasteiger partial charge in [0.15, 0.2) is 0 Å². The van der Waals surface area contributed by atoms with Crippen LogP contribution in [0.3, 0.4) is 0 Å². The van der Waals surface area contributed by atoms with Crippen LogP contribution in [-0.2, 0) is 17.1 Å². The number of likely N-dealkylation sites (tertiary alicyclic amines) is 1. The number of nitrogens with zero attached hydrogens (tertiary/aromatic N) is 2. The third-order valence-electron chi connectivity index (χ3n) is 6.65. The van der Waals surface area contributed by atoms with E-state index in [-0.39, 0.29) is 54.6 Å². The first kappa shape index (κ1) is 32.2. The van der Waals surface area contributed by atoms with Gasteiger partial charge in [0.1, 0.15) is 5.71 Å². The molecule has 0 unspecified atom stereocenters. The monoisotopic (exact) mass is 758 g/mol. The van der Waals surface area contributed by atoms with Gasteiger partial charge in [-0.15, -0.1) is 0 Å². The normalized spacial score (nSPS) is 17.0. The Morgan fingerprint density at radius 2 is 1.89 bits per heavy atom. The van der Waals surface area contributed by atoms with Crippen LogP contribution in [0.1, 0.15) is 56.2 Å². The zero-order valence-electron chi connectivity index (χ0n) is 21.1.